The van der Waals surface area contributed by atoms with E-state index in [2.05, 4.69) is 94.4 Å². The van der Waals surface area contributed by atoms with Crippen LogP contribution in [0.3, 0.4) is 0 Å². The third-order valence-electron chi connectivity index (χ3n) is 8.40. The van der Waals surface area contributed by atoms with Crippen molar-refractivity contribution in [1.82, 2.24) is 14.7 Å². The van der Waals surface area contributed by atoms with E-state index < -0.39 is 8.32 Å². The van der Waals surface area contributed by atoms with Crippen molar-refractivity contribution in [3.63, 3.8) is 0 Å². The highest BCUT2D eigenvalue weighted by Crippen LogP contribution is 2.40. The molecular weight excluding hydrogens is 507 g/mol. The SMILES string of the molecule is C=CCN1C[C@H](C)N([C@H](c2cccc(O[Si](C)(C)C(C)(C)C)c2)c2cc(C(=O)N(CC)CC)cs2)C[C@H]1C. The molecule has 1 aromatic carbocycles. The lowest BCUT2D eigenvalue weighted by Crippen LogP contribution is -2.57. The van der Waals surface area contributed by atoms with Crippen LogP contribution >= 0.6 is 11.3 Å². The normalized spacial score (nSPS) is 20.2. The summed E-state index contributed by atoms with van der Waals surface area (Å²) in [7, 11) is -1.97. The Labute approximate surface area is 236 Å². The number of piperazine rings is 1. The molecule has 2 heterocycles. The van der Waals surface area contributed by atoms with Crippen LogP contribution in [0.15, 0.2) is 48.4 Å². The van der Waals surface area contributed by atoms with Crippen molar-refractivity contribution in [2.75, 3.05) is 32.7 Å². The van der Waals surface area contributed by atoms with Gasteiger partial charge < -0.3 is 9.33 Å². The summed E-state index contributed by atoms with van der Waals surface area (Å²) >= 11 is 1.70. The zero-order chi connectivity index (χ0) is 28.3. The Kier molecular flexibility index (Phi) is 10.1. The Bertz CT molecular complexity index is 1090. The maximum Gasteiger partial charge on any atom is 0.254 e. The second kappa shape index (κ2) is 12.5. The van der Waals surface area contributed by atoms with Gasteiger partial charge in [-0.25, -0.2) is 0 Å². The third-order valence-corrected chi connectivity index (χ3v) is 13.7. The summed E-state index contributed by atoms with van der Waals surface area (Å²) in [6.45, 7) is 28.4. The monoisotopic (exact) mass is 555 g/mol. The third kappa shape index (κ3) is 6.79. The first kappa shape index (κ1) is 30.6. The van der Waals surface area contributed by atoms with Crippen LogP contribution in [-0.2, 0) is 0 Å². The minimum absolute atomic E-state index is 0.0598. The van der Waals surface area contributed by atoms with Gasteiger partial charge >= 0.3 is 0 Å². The molecule has 38 heavy (non-hydrogen) atoms. The Balaban J connectivity index is 2.04. The molecule has 5 nitrogen and oxygen atoms in total. The Morgan fingerprint density at radius 3 is 2.47 bits per heavy atom. The van der Waals surface area contributed by atoms with Crippen LogP contribution in [0, 0.1) is 0 Å². The van der Waals surface area contributed by atoms with E-state index in [9.17, 15) is 4.79 Å². The number of nitrogens with zero attached hydrogens (tertiary/aromatic N) is 3. The van der Waals surface area contributed by atoms with Gasteiger partial charge in [-0.3, -0.25) is 14.6 Å². The molecule has 210 valence electrons. The molecule has 1 fully saturated rings. The fourth-order valence-corrected chi connectivity index (χ4v) is 7.07. The number of hydrogen-bond acceptors (Lipinski definition) is 5. The second-order valence-electron chi connectivity index (χ2n) is 12.2. The summed E-state index contributed by atoms with van der Waals surface area (Å²) in [6.07, 6.45) is 2.00. The van der Waals surface area contributed by atoms with E-state index in [1.165, 1.54) is 10.4 Å². The van der Waals surface area contributed by atoms with Crippen molar-refractivity contribution in [2.24, 2.45) is 0 Å². The fourth-order valence-electron chi connectivity index (χ4n) is 5.02. The molecule has 0 aliphatic carbocycles. The fraction of sp³-hybridized carbons (Fsp3) is 0.581. The molecule has 0 N–H and O–H groups in total. The quantitative estimate of drug-likeness (QED) is 0.228. The molecule has 0 spiro atoms. The number of thiophene rings is 1. The Morgan fingerprint density at radius 1 is 1.18 bits per heavy atom. The van der Waals surface area contributed by atoms with Crippen molar-refractivity contribution in [1.29, 1.82) is 0 Å². The van der Waals surface area contributed by atoms with E-state index in [0.717, 1.165) is 44.0 Å². The molecule has 0 unspecified atom stereocenters. The molecule has 1 aliphatic heterocycles. The number of hydrogen-bond donors (Lipinski definition) is 0. The molecule has 7 heteroatoms. The number of benzene rings is 1. The molecule has 0 radical (unpaired) electrons. The Hall–Kier alpha value is -1.93. The van der Waals surface area contributed by atoms with E-state index in [1.807, 2.05) is 30.2 Å². The molecule has 1 amide bonds. The maximum absolute atomic E-state index is 13.2. The summed E-state index contributed by atoms with van der Waals surface area (Å²) in [5.41, 5.74) is 2.01. The Morgan fingerprint density at radius 2 is 1.87 bits per heavy atom. The minimum Gasteiger partial charge on any atom is -0.543 e. The average Bonchev–Trinajstić information content (AvgIpc) is 3.32. The zero-order valence-electron chi connectivity index (χ0n) is 25.1. The predicted octanol–water partition coefficient (Wildman–Crippen LogP) is 7.28. The minimum atomic E-state index is -1.97. The van der Waals surface area contributed by atoms with Crippen LogP contribution < -0.4 is 4.43 Å². The second-order valence-corrected chi connectivity index (χ2v) is 17.9. The molecule has 0 saturated carbocycles. The molecule has 2 aromatic rings. The van der Waals surface area contributed by atoms with Gasteiger partial charge in [0.2, 0.25) is 8.32 Å². The van der Waals surface area contributed by atoms with E-state index in [4.69, 9.17) is 4.43 Å². The van der Waals surface area contributed by atoms with Gasteiger partial charge in [-0.2, -0.15) is 0 Å². The summed E-state index contributed by atoms with van der Waals surface area (Å²) in [5, 5.41) is 2.17. The summed E-state index contributed by atoms with van der Waals surface area (Å²) < 4.78 is 6.72. The van der Waals surface area contributed by atoms with Crippen LogP contribution in [0.4, 0.5) is 0 Å². The summed E-state index contributed by atoms with van der Waals surface area (Å²) in [6, 6.07) is 11.6. The lowest BCUT2D eigenvalue weighted by molar-refractivity contribution is 0.0315. The maximum atomic E-state index is 13.2. The van der Waals surface area contributed by atoms with Crippen molar-refractivity contribution in [3.05, 3.63) is 64.4 Å². The molecule has 3 rings (SSSR count). The lowest BCUT2D eigenvalue weighted by atomic mass is 9.97. The number of carbonyl (C=O) groups is 1. The predicted molar refractivity (Wildman–Crippen MR) is 165 cm³/mol. The highest BCUT2D eigenvalue weighted by Gasteiger charge is 2.40. The standard InChI is InChI=1S/C31H49N3O2SSi/c1-11-17-33-20-24(5)34(21-23(33)4)29(28-19-26(22-37-28)30(35)32(12-2)13-3)25-15-14-16-27(18-25)36-38(9,10)31(6,7)8/h11,14-16,18-19,22-24,29H,1,12-13,17,20-21H2,2-10H3/t23-,24+,29-/m1/s1. The van der Waals surface area contributed by atoms with Gasteiger partial charge in [0, 0.05) is 55.1 Å². The first-order chi connectivity index (χ1) is 17.8. The van der Waals surface area contributed by atoms with E-state index >= 15 is 0 Å². The number of rotatable bonds is 10. The first-order valence-electron chi connectivity index (χ1n) is 14.1. The number of amides is 1. The highest BCUT2D eigenvalue weighted by atomic mass is 32.1. The van der Waals surface area contributed by atoms with E-state index in [-0.39, 0.29) is 17.0 Å². The zero-order valence-corrected chi connectivity index (χ0v) is 26.9. The van der Waals surface area contributed by atoms with Crippen molar-refractivity contribution in [3.8, 4) is 5.75 Å². The number of carbonyl (C=O) groups excluding carboxylic acids is 1. The lowest BCUT2D eigenvalue weighted by Gasteiger charge is -2.47. The van der Waals surface area contributed by atoms with Crippen LogP contribution in [0.1, 0.15) is 75.3 Å². The van der Waals surface area contributed by atoms with E-state index in [1.54, 1.807) is 11.3 Å². The van der Waals surface area contributed by atoms with Crippen molar-refractivity contribution < 1.29 is 9.22 Å². The van der Waals surface area contributed by atoms with Crippen molar-refractivity contribution in [2.45, 2.75) is 84.7 Å². The van der Waals surface area contributed by atoms with E-state index in [0.29, 0.717) is 12.1 Å². The van der Waals surface area contributed by atoms with Crippen LogP contribution in [-0.4, -0.2) is 73.7 Å². The van der Waals surface area contributed by atoms with Crippen LogP contribution in [0.25, 0.3) is 0 Å². The van der Waals surface area contributed by atoms with Gasteiger partial charge in [0.25, 0.3) is 5.91 Å². The first-order valence-corrected chi connectivity index (χ1v) is 17.9. The highest BCUT2D eigenvalue weighted by molar-refractivity contribution is 7.10. The summed E-state index contributed by atoms with van der Waals surface area (Å²) in [5.74, 6) is 1.06. The molecular formula is C31H49N3O2SSi. The van der Waals surface area contributed by atoms with Crippen LogP contribution in [0.2, 0.25) is 18.1 Å². The van der Waals surface area contributed by atoms with Gasteiger partial charge in [-0.1, -0.05) is 39.0 Å². The molecule has 3 atom stereocenters. The van der Waals surface area contributed by atoms with Crippen LogP contribution in [0.5, 0.6) is 5.75 Å². The molecule has 1 saturated heterocycles. The molecule has 1 aromatic heterocycles. The topological polar surface area (TPSA) is 36.0 Å². The van der Waals surface area contributed by atoms with Crippen molar-refractivity contribution >= 4 is 25.6 Å². The molecule has 0 bridgehead atoms. The molecule has 1 aliphatic rings. The average molecular weight is 556 g/mol. The van der Waals surface area contributed by atoms with Gasteiger partial charge in [0.1, 0.15) is 5.75 Å². The largest absolute Gasteiger partial charge is 0.543 e. The van der Waals surface area contributed by atoms with Gasteiger partial charge in [0.05, 0.1) is 11.6 Å². The van der Waals surface area contributed by atoms with Gasteiger partial charge in [-0.05, 0) is 69.6 Å². The smallest absolute Gasteiger partial charge is 0.254 e. The summed E-state index contributed by atoms with van der Waals surface area (Å²) in [4.78, 5) is 21.4. The van der Waals surface area contributed by atoms with Gasteiger partial charge in [-0.15, -0.1) is 17.9 Å². The van der Waals surface area contributed by atoms with Gasteiger partial charge in [0.15, 0.2) is 0 Å².